The third-order valence-electron chi connectivity index (χ3n) is 3.28. The second-order valence-electron chi connectivity index (χ2n) is 11.1. The minimum absolute atomic E-state index is 0. The molecule has 0 N–H and O–H groups in total. The molecule has 0 heterocycles. The molecular weight excluding hydrogens is 477 g/mol. The molecule has 0 radical (unpaired) electrons. The topological polar surface area (TPSA) is 90.5 Å². The standard InChI is InChI=1S/2C11H24N2.2CHO.Ru/c2*1-8-12-9(10(2,3)4)13-11(5,6)7;2*1-2;/h2*9H,8H2,1-7H3;2*1H;/q2*-2;2*-1;+6. The van der Waals surface area contributed by atoms with E-state index in [-0.39, 0.29) is 53.7 Å². The van der Waals surface area contributed by atoms with Gasteiger partial charge in [-0.25, -0.2) is 12.3 Å². The molecule has 0 aromatic carbocycles. The maximum Gasteiger partial charge on any atom is 6.00 e. The summed E-state index contributed by atoms with van der Waals surface area (Å²) in [6.07, 6.45) is 0.245. The van der Waals surface area contributed by atoms with Crippen molar-refractivity contribution in [1.82, 2.24) is 0 Å². The van der Waals surface area contributed by atoms with Crippen molar-refractivity contribution < 1.29 is 29.1 Å². The summed E-state index contributed by atoms with van der Waals surface area (Å²) < 4.78 is 0. The van der Waals surface area contributed by atoms with Crippen LogP contribution >= 0.6 is 0 Å². The molecule has 2 unspecified atom stereocenters. The minimum Gasteiger partial charge on any atom is -0.678 e. The zero-order valence-corrected chi connectivity index (χ0v) is 24.4. The number of hydrogen-bond acceptors (Lipinski definition) is 2. The molecule has 31 heavy (non-hydrogen) atoms. The molecule has 2 atom stereocenters. The summed E-state index contributed by atoms with van der Waals surface area (Å²) in [4.78, 5) is 15.5. The fourth-order valence-corrected chi connectivity index (χ4v) is 2.10. The van der Waals surface area contributed by atoms with E-state index in [1.165, 1.54) is 0 Å². The fourth-order valence-electron chi connectivity index (χ4n) is 2.10. The average Bonchev–Trinajstić information content (AvgIpc) is 2.54. The van der Waals surface area contributed by atoms with Crippen LogP contribution in [0.15, 0.2) is 0 Å². The smallest absolute Gasteiger partial charge is 0.678 e. The largest absolute Gasteiger partial charge is 6.00 e. The van der Waals surface area contributed by atoms with E-state index in [0.29, 0.717) is 0 Å². The zero-order valence-electron chi connectivity index (χ0n) is 22.7. The van der Waals surface area contributed by atoms with Gasteiger partial charge in [-0.05, 0) is 0 Å². The van der Waals surface area contributed by atoms with Gasteiger partial charge >= 0.3 is 19.5 Å². The van der Waals surface area contributed by atoms with Crippen LogP contribution in [-0.4, -0.2) is 50.1 Å². The summed E-state index contributed by atoms with van der Waals surface area (Å²) >= 11 is 0. The van der Waals surface area contributed by atoms with Crippen molar-refractivity contribution in [2.75, 3.05) is 13.1 Å². The molecule has 7 heteroatoms. The third-order valence-corrected chi connectivity index (χ3v) is 3.28. The van der Waals surface area contributed by atoms with E-state index >= 15 is 0 Å². The molecule has 0 aromatic rings. The predicted octanol–water partition coefficient (Wildman–Crippen LogP) is 7.30. The van der Waals surface area contributed by atoms with E-state index < -0.39 is 0 Å². The molecule has 0 rings (SSSR count). The zero-order chi connectivity index (χ0) is 25.4. The van der Waals surface area contributed by atoms with Gasteiger partial charge in [-0.2, -0.15) is 13.1 Å². The molecule has 0 saturated heterocycles. The first-order chi connectivity index (χ1) is 13.3. The van der Waals surface area contributed by atoms with E-state index in [9.17, 15) is 0 Å². The van der Waals surface area contributed by atoms with Gasteiger partial charge in [0.15, 0.2) is 0 Å². The first kappa shape index (κ1) is 41.1. The molecule has 0 spiro atoms. The SMILES string of the molecule is CC[N-]C([N-]C(C)(C)C)C(C)(C)C.CC[N-]C([N-]C(C)(C)C)C(C)(C)C.[CH-]=O.[CH-]=O.[Ru+6]. The van der Waals surface area contributed by atoms with Crippen molar-refractivity contribution in [3.8, 4) is 0 Å². The summed E-state index contributed by atoms with van der Waals surface area (Å²) in [5.41, 5.74) is 0.305. The van der Waals surface area contributed by atoms with Gasteiger partial charge in [-0.15, -0.1) is 11.1 Å². The Morgan fingerprint density at radius 2 is 0.742 bits per heavy atom. The molecule has 6 nitrogen and oxygen atoms in total. The van der Waals surface area contributed by atoms with E-state index in [2.05, 4.69) is 121 Å². The van der Waals surface area contributed by atoms with Gasteiger partial charge in [-0.3, -0.25) is 13.6 Å². The second kappa shape index (κ2) is 19.3. The molecule has 0 saturated carbocycles. The summed E-state index contributed by atoms with van der Waals surface area (Å²) in [6.45, 7) is 38.2. The van der Waals surface area contributed by atoms with Gasteiger partial charge < -0.3 is 30.9 Å². The van der Waals surface area contributed by atoms with Crippen LogP contribution in [0.2, 0.25) is 0 Å². The number of nitrogens with zero attached hydrogens (tertiary/aromatic N) is 4. The Morgan fingerprint density at radius 3 is 0.839 bits per heavy atom. The number of rotatable bonds is 6. The number of carbonyl (C=O) groups excluding carboxylic acids is 2. The van der Waals surface area contributed by atoms with Crippen LogP contribution in [0.3, 0.4) is 0 Å². The van der Waals surface area contributed by atoms with Crippen molar-refractivity contribution in [3.63, 3.8) is 0 Å². The third kappa shape index (κ3) is 29.8. The van der Waals surface area contributed by atoms with Crippen LogP contribution in [0.4, 0.5) is 0 Å². The van der Waals surface area contributed by atoms with Crippen LogP contribution in [0.5, 0.6) is 0 Å². The van der Waals surface area contributed by atoms with Crippen LogP contribution in [0, 0.1) is 10.8 Å². The van der Waals surface area contributed by atoms with E-state index in [1.54, 1.807) is 0 Å². The van der Waals surface area contributed by atoms with E-state index in [4.69, 9.17) is 20.2 Å². The van der Waals surface area contributed by atoms with Crippen molar-refractivity contribution in [3.05, 3.63) is 21.3 Å². The Bertz CT molecular complexity index is 356. The van der Waals surface area contributed by atoms with Crippen molar-refractivity contribution in [1.29, 1.82) is 0 Å². The van der Waals surface area contributed by atoms with Crippen LogP contribution in [-0.2, 0) is 29.1 Å². The summed E-state index contributed by atoms with van der Waals surface area (Å²) in [7, 11) is 0. The van der Waals surface area contributed by atoms with Gasteiger partial charge in [0.05, 0.1) is 0 Å². The molecule has 0 aromatic heterocycles. The van der Waals surface area contributed by atoms with Gasteiger partial charge in [0, 0.05) is 0 Å². The fraction of sp³-hybridized carbons (Fsp3) is 0.917. The van der Waals surface area contributed by atoms with Crippen LogP contribution in [0.1, 0.15) is 96.9 Å². The van der Waals surface area contributed by atoms with Crippen molar-refractivity contribution >= 4 is 13.6 Å². The second-order valence-corrected chi connectivity index (χ2v) is 11.1. The van der Waals surface area contributed by atoms with E-state index in [0.717, 1.165) is 13.1 Å². The quantitative estimate of drug-likeness (QED) is 0.206. The van der Waals surface area contributed by atoms with Crippen molar-refractivity contribution in [2.45, 2.75) is 120 Å². The molecule has 0 bridgehead atoms. The molecule has 0 aliphatic heterocycles. The minimum atomic E-state index is 0. The Balaban J connectivity index is -0.000000122. The van der Waals surface area contributed by atoms with Gasteiger partial charge in [0.1, 0.15) is 0 Å². The molecule has 0 aliphatic rings. The first-order valence-electron chi connectivity index (χ1n) is 10.6. The molecule has 0 aliphatic carbocycles. The van der Waals surface area contributed by atoms with Crippen molar-refractivity contribution in [2.24, 2.45) is 10.8 Å². The summed E-state index contributed by atoms with van der Waals surface area (Å²) in [6, 6.07) is 0. The van der Waals surface area contributed by atoms with Crippen LogP contribution in [0.25, 0.3) is 21.3 Å². The summed E-state index contributed by atoms with van der Waals surface area (Å²) in [5.74, 6) is 0. The van der Waals surface area contributed by atoms with Gasteiger partial charge in [-0.1, -0.05) is 108 Å². The molecular formula is C24H50N4O2Ru. The Hall–Kier alpha value is -0.197. The van der Waals surface area contributed by atoms with Crippen LogP contribution < -0.4 is 0 Å². The Morgan fingerprint density at radius 1 is 0.548 bits per heavy atom. The number of hydrogen-bond donors (Lipinski definition) is 0. The Labute approximate surface area is 208 Å². The Kier molecular flexibility index (Phi) is 25.6. The monoisotopic (exact) mass is 528 g/mol. The average molecular weight is 528 g/mol. The first-order valence-corrected chi connectivity index (χ1v) is 10.6. The maximum absolute atomic E-state index is 7.75. The molecule has 186 valence electrons. The molecule has 0 fully saturated rings. The van der Waals surface area contributed by atoms with Gasteiger partial charge in [0.2, 0.25) is 0 Å². The summed E-state index contributed by atoms with van der Waals surface area (Å²) in [5, 5.41) is 18.4. The van der Waals surface area contributed by atoms with Gasteiger partial charge in [0.25, 0.3) is 0 Å². The van der Waals surface area contributed by atoms with E-state index in [1.807, 2.05) is 0 Å². The molecule has 0 amide bonds. The normalized spacial score (nSPS) is 13.6. The maximum atomic E-state index is 7.75. The predicted molar refractivity (Wildman–Crippen MR) is 134 cm³/mol.